The van der Waals surface area contributed by atoms with Crippen LogP contribution in [0.3, 0.4) is 0 Å². The van der Waals surface area contributed by atoms with Crippen molar-refractivity contribution in [2.45, 2.75) is 32.1 Å². The molecule has 1 aliphatic carbocycles. The average molecular weight is 430 g/mol. The van der Waals surface area contributed by atoms with Gasteiger partial charge in [0.05, 0.1) is 16.3 Å². The zero-order valence-corrected chi connectivity index (χ0v) is 18.9. The van der Waals surface area contributed by atoms with Gasteiger partial charge in [-0.15, -0.1) is 0 Å². The van der Waals surface area contributed by atoms with Crippen molar-refractivity contribution in [3.8, 4) is 11.3 Å². The van der Waals surface area contributed by atoms with E-state index in [1.54, 1.807) is 6.20 Å². The predicted octanol–water partition coefficient (Wildman–Crippen LogP) is 5.61. The van der Waals surface area contributed by atoms with Crippen LogP contribution in [0.5, 0.6) is 0 Å². The number of anilines is 1. The SMILES string of the molecule is CN/C=C(\C=N)SNc1nc(-c2c(C)cccc2C)cc(C2(c3ccccc3)CC2)n1. The van der Waals surface area contributed by atoms with Crippen LogP contribution in [0.1, 0.15) is 35.2 Å². The van der Waals surface area contributed by atoms with Crippen LogP contribution < -0.4 is 10.0 Å². The van der Waals surface area contributed by atoms with Crippen molar-refractivity contribution in [1.29, 1.82) is 5.41 Å². The van der Waals surface area contributed by atoms with Crippen LogP contribution in [0, 0.1) is 19.3 Å². The minimum atomic E-state index is -0.0537. The van der Waals surface area contributed by atoms with E-state index in [1.807, 2.05) is 7.05 Å². The Morgan fingerprint density at radius 1 is 1.03 bits per heavy atom. The lowest BCUT2D eigenvalue weighted by molar-refractivity contribution is 0.799. The van der Waals surface area contributed by atoms with Crippen molar-refractivity contribution in [2.75, 3.05) is 11.8 Å². The molecular formula is C25H27N5S. The molecule has 1 aromatic heterocycles. The maximum absolute atomic E-state index is 7.59. The summed E-state index contributed by atoms with van der Waals surface area (Å²) in [5.74, 6) is 0.561. The number of hydrogen-bond acceptors (Lipinski definition) is 6. The summed E-state index contributed by atoms with van der Waals surface area (Å²) in [7, 11) is 1.82. The van der Waals surface area contributed by atoms with Crippen molar-refractivity contribution in [1.82, 2.24) is 15.3 Å². The summed E-state index contributed by atoms with van der Waals surface area (Å²) in [6.07, 6.45) is 5.24. The van der Waals surface area contributed by atoms with Crippen molar-refractivity contribution >= 4 is 24.1 Å². The molecule has 5 nitrogen and oxygen atoms in total. The van der Waals surface area contributed by atoms with Gasteiger partial charge in [-0.1, -0.05) is 48.5 Å². The maximum Gasteiger partial charge on any atom is 0.233 e. The zero-order valence-electron chi connectivity index (χ0n) is 18.1. The Kier molecular flexibility index (Phi) is 6.09. The molecule has 6 heteroatoms. The second kappa shape index (κ2) is 8.94. The molecule has 0 unspecified atom stereocenters. The normalized spacial score (nSPS) is 14.7. The predicted molar refractivity (Wildman–Crippen MR) is 131 cm³/mol. The number of nitrogens with zero attached hydrogens (tertiary/aromatic N) is 2. The Morgan fingerprint density at radius 2 is 1.74 bits per heavy atom. The highest BCUT2D eigenvalue weighted by Crippen LogP contribution is 2.53. The molecule has 31 heavy (non-hydrogen) atoms. The average Bonchev–Trinajstić information content (AvgIpc) is 3.59. The van der Waals surface area contributed by atoms with E-state index in [9.17, 15) is 0 Å². The molecule has 4 rings (SSSR count). The monoisotopic (exact) mass is 429 g/mol. The van der Waals surface area contributed by atoms with Gasteiger partial charge in [-0.25, -0.2) is 9.97 Å². The first-order valence-corrected chi connectivity index (χ1v) is 11.2. The standard InChI is InChI=1S/C25H27N5S/c1-17-8-7-9-18(2)23(17)21-14-22(25(12-13-25)19-10-5-4-6-11-19)29-24(28-21)30-31-20(15-26)16-27-3/h4-11,14-16,26-27H,12-13H2,1-3H3,(H,28,29,30)/b20-16+,26-15?. The lowest BCUT2D eigenvalue weighted by atomic mass is 9.90. The first kappa shape index (κ1) is 21.1. The molecule has 1 aliphatic rings. The van der Waals surface area contributed by atoms with Gasteiger partial charge in [0, 0.05) is 30.4 Å². The molecule has 158 valence electrons. The fourth-order valence-corrected chi connectivity index (χ4v) is 4.54. The molecule has 0 amide bonds. The molecular weight excluding hydrogens is 402 g/mol. The van der Waals surface area contributed by atoms with Gasteiger partial charge in [0.1, 0.15) is 0 Å². The minimum absolute atomic E-state index is 0.0537. The second-order valence-corrected chi connectivity index (χ2v) is 8.74. The van der Waals surface area contributed by atoms with Gasteiger partial charge in [-0.3, -0.25) is 4.72 Å². The number of aromatic nitrogens is 2. The summed E-state index contributed by atoms with van der Waals surface area (Å²) in [5, 5.41) is 10.6. The van der Waals surface area contributed by atoms with Crippen molar-refractivity contribution < 1.29 is 0 Å². The van der Waals surface area contributed by atoms with Crippen LogP contribution in [0.2, 0.25) is 0 Å². The van der Waals surface area contributed by atoms with Crippen LogP contribution in [-0.2, 0) is 5.41 Å². The molecule has 0 spiro atoms. The fraction of sp³-hybridized carbons (Fsp3) is 0.240. The molecule has 0 radical (unpaired) electrons. The van der Waals surface area contributed by atoms with E-state index in [2.05, 4.69) is 78.5 Å². The van der Waals surface area contributed by atoms with Crippen molar-refractivity contribution in [2.24, 2.45) is 0 Å². The molecule has 0 saturated heterocycles. The van der Waals surface area contributed by atoms with E-state index >= 15 is 0 Å². The highest BCUT2D eigenvalue weighted by atomic mass is 32.2. The summed E-state index contributed by atoms with van der Waals surface area (Å²) in [6, 6.07) is 19.1. The zero-order chi connectivity index (χ0) is 21.8. The van der Waals surface area contributed by atoms with Crippen molar-refractivity contribution in [3.05, 3.63) is 88.1 Å². The highest BCUT2D eigenvalue weighted by Gasteiger charge is 2.47. The molecule has 3 N–H and O–H groups in total. The van der Waals surface area contributed by atoms with E-state index in [1.165, 1.54) is 34.9 Å². The molecule has 2 aromatic carbocycles. The van der Waals surface area contributed by atoms with Crippen LogP contribution in [-0.4, -0.2) is 23.2 Å². The summed E-state index contributed by atoms with van der Waals surface area (Å²) in [4.78, 5) is 10.5. The summed E-state index contributed by atoms with van der Waals surface area (Å²) < 4.78 is 3.26. The van der Waals surface area contributed by atoms with Gasteiger partial charge < -0.3 is 10.7 Å². The first-order valence-electron chi connectivity index (χ1n) is 10.4. The molecule has 1 heterocycles. The van der Waals surface area contributed by atoms with Gasteiger partial charge in [0.2, 0.25) is 5.95 Å². The molecule has 3 aromatic rings. The summed E-state index contributed by atoms with van der Waals surface area (Å²) in [6.45, 7) is 4.25. The molecule has 1 fully saturated rings. The van der Waals surface area contributed by atoms with Crippen LogP contribution in [0.15, 0.2) is 65.7 Å². The van der Waals surface area contributed by atoms with E-state index in [-0.39, 0.29) is 5.41 Å². The van der Waals surface area contributed by atoms with Crippen LogP contribution >= 0.6 is 11.9 Å². The topological polar surface area (TPSA) is 73.7 Å². The van der Waals surface area contributed by atoms with Gasteiger partial charge in [0.25, 0.3) is 0 Å². The Morgan fingerprint density at radius 3 is 2.35 bits per heavy atom. The molecule has 0 atom stereocenters. The molecule has 0 bridgehead atoms. The number of rotatable bonds is 8. The van der Waals surface area contributed by atoms with E-state index in [0.717, 1.165) is 34.7 Å². The lowest BCUT2D eigenvalue weighted by Crippen LogP contribution is -2.13. The number of hydrogen-bond donors (Lipinski definition) is 3. The van der Waals surface area contributed by atoms with Crippen LogP contribution in [0.4, 0.5) is 5.95 Å². The highest BCUT2D eigenvalue weighted by molar-refractivity contribution is 8.05. The van der Waals surface area contributed by atoms with E-state index in [4.69, 9.17) is 15.4 Å². The number of benzene rings is 2. The van der Waals surface area contributed by atoms with E-state index < -0.39 is 0 Å². The van der Waals surface area contributed by atoms with Gasteiger partial charge in [-0.2, -0.15) is 0 Å². The van der Waals surface area contributed by atoms with Gasteiger partial charge in [0.15, 0.2) is 0 Å². The minimum Gasteiger partial charge on any atom is -0.393 e. The third kappa shape index (κ3) is 4.35. The third-order valence-electron chi connectivity index (χ3n) is 5.72. The summed E-state index contributed by atoms with van der Waals surface area (Å²) in [5.41, 5.74) is 6.77. The first-order chi connectivity index (χ1) is 15.1. The Bertz CT molecular complexity index is 1100. The number of aryl methyl sites for hydroxylation is 2. The summed E-state index contributed by atoms with van der Waals surface area (Å²) >= 11 is 1.33. The van der Waals surface area contributed by atoms with Gasteiger partial charge in [-0.05, 0) is 61.4 Å². The maximum atomic E-state index is 7.59. The number of allylic oxidation sites excluding steroid dienone is 1. The largest absolute Gasteiger partial charge is 0.393 e. The number of nitrogens with one attached hydrogen (secondary N) is 3. The Labute approximate surface area is 188 Å². The lowest BCUT2D eigenvalue weighted by Gasteiger charge is -2.19. The Balaban J connectivity index is 1.80. The Hall–Kier alpha value is -3.12. The molecule has 0 aliphatic heterocycles. The smallest absolute Gasteiger partial charge is 0.233 e. The quantitative estimate of drug-likeness (QED) is 0.321. The van der Waals surface area contributed by atoms with Crippen molar-refractivity contribution in [3.63, 3.8) is 0 Å². The van der Waals surface area contributed by atoms with Crippen LogP contribution in [0.25, 0.3) is 11.3 Å². The van der Waals surface area contributed by atoms with Gasteiger partial charge >= 0.3 is 0 Å². The third-order valence-corrected chi connectivity index (χ3v) is 6.48. The van der Waals surface area contributed by atoms with E-state index in [0.29, 0.717) is 5.95 Å². The fourth-order valence-electron chi connectivity index (χ4n) is 4.01. The second-order valence-electron chi connectivity index (χ2n) is 7.86. The molecule has 1 saturated carbocycles.